The Morgan fingerprint density at radius 1 is 1.14 bits per heavy atom. The molecule has 1 aliphatic carbocycles. The van der Waals surface area contributed by atoms with Crippen LogP contribution in [-0.4, -0.2) is 48.0 Å². The van der Waals surface area contributed by atoms with E-state index < -0.39 is 28.8 Å². The van der Waals surface area contributed by atoms with E-state index in [-0.39, 0.29) is 47.0 Å². The minimum absolute atomic E-state index is 0.0369. The second kappa shape index (κ2) is 11.7. The summed E-state index contributed by atoms with van der Waals surface area (Å²) in [7, 11) is 0. The van der Waals surface area contributed by atoms with Gasteiger partial charge in [0.15, 0.2) is 23.0 Å². The monoisotopic (exact) mass is 603 g/mol. The number of halogens is 2. The van der Waals surface area contributed by atoms with Crippen LogP contribution in [0.5, 0.6) is 11.5 Å². The van der Waals surface area contributed by atoms with Gasteiger partial charge in [0, 0.05) is 42.8 Å². The summed E-state index contributed by atoms with van der Waals surface area (Å²) in [4.78, 5) is 44.0. The van der Waals surface area contributed by atoms with Gasteiger partial charge in [-0.2, -0.15) is 5.10 Å². The van der Waals surface area contributed by atoms with Crippen LogP contribution in [-0.2, 0) is 6.54 Å². The number of aliphatic hydroxyl groups is 1. The van der Waals surface area contributed by atoms with Crippen LogP contribution in [0, 0.1) is 17.6 Å². The molecule has 4 N–H and O–H groups in total. The Morgan fingerprint density at radius 2 is 1.91 bits per heavy atom. The number of amides is 1. The summed E-state index contributed by atoms with van der Waals surface area (Å²) in [5.74, 6) is -1.51. The number of fused-ring (bicyclic) bond motifs is 1. The lowest BCUT2D eigenvalue weighted by Crippen LogP contribution is -2.42. The molecule has 44 heavy (non-hydrogen) atoms. The normalized spacial score (nSPS) is 13.5. The number of H-pyrrole nitrogens is 1. The molecule has 1 saturated carbocycles. The molecule has 1 amide bonds. The molecular weight excluding hydrogens is 576 g/mol. The number of hydrogen-bond acceptors (Lipinski definition) is 8. The molecule has 0 bridgehead atoms. The highest BCUT2D eigenvalue weighted by atomic mass is 19.1. The average molecular weight is 604 g/mol. The molecule has 1 aliphatic rings. The van der Waals surface area contributed by atoms with Crippen molar-refractivity contribution in [1.29, 1.82) is 0 Å². The van der Waals surface area contributed by atoms with Crippen molar-refractivity contribution in [2.24, 2.45) is 5.92 Å². The summed E-state index contributed by atoms with van der Waals surface area (Å²) in [5, 5.41) is 22.3. The first-order chi connectivity index (χ1) is 21.2. The Morgan fingerprint density at radius 3 is 2.61 bits per heavy atom. The maximum Gasteiger partial charge on any atom is 0.335 e. The maximum atomic E-state index is 15.2. The van der Waals surface area contributed by atoms with Crippen LogP contribution in [0.1, 0.15) is 30.1 Å². The van der Waals surface area contributed by atoms with Gasteiger partial charge in [0.1, 0.15) is 22.5 Å². The fraction of sp³-hybridized carbons (Fsp3) is 0.233. The van der Waals surface area contributed by atoms with Crippen molar-refractivity contribution in [1.82, 2.24) is 24.3 Å². The van der Waals surface area contributed by atoms with E-state index in [1.165, 1.54) is 47.3 Å². The van der Waals surface area contributed by atoms with E-state index in [9.17, 15) is 23.9 Å². The second-order valence-electron chi connectivity index (χ2n) is 10.6. The van der Waals surface area contributed by atoms with Crippen molar-refractivity contribution < 1.29 is 23.4 Å². The minimum Gasteiger partial charge on any atom is -0.453 e. The van der Waals surface area contributed by atoms with Crippen LogP contribution in [0.15, 0.2) is 70.5 Å². The third-order valence-corrected chi connectivity index (χ3v) is 7.13. The van der Waals surface area contributed by atoms with E-state index in [2.05, 4.69) is 25.8 Å². The Bertz CT molecular complexity index is 1980. The van der Waals surface area contributed by atoms with Crippen LogP contribution in [0.4, 0.5) is 20.3 Å². The summed E-state index contributed by atoms with van der Waals surface area (Å²) in [5.41, 5.74) is -1.35. The number of aromatic nitrogens is 5. The van der Waals surface area contributed by atoms with Crippen molar-refractivity contribution in [2.45, 2.75) is 32.4 Å². The quantitative estimate of drug-likeness (QED) is 0.188. The third-order valence-electron chi connectivity index (χ3n) is 7.13. The predicted octanol–water partition coefficient (Wildman–Crippen LogP) is 3.80. The molecule has 3 heterocycles. The molecule has 2 aromatic carbocycles. The van der Waals surface area contributed by atoms with Gasteiger partial charge in [-0.1, -0.05) is 0 Å². The molecule has 1 fully saturated rings. The van der Waals surface area contributed by atoms with Crippen molar-refractivity contribution in [3.05, 3.63) is 99.0 Å². The average Bonchev–Trinajstić information content (AvgIpc) is 3.74. The van der Waals surface area contributed by atoms with Gasteiger partial charge in [-0.15, -0.1) is 0 Å². The Hall–Kier alpha value is -5.37. The molecule has 226 valence electrons. The number of anilines is 2. The fourth-order valence-electron chi connectivity index (χ4n) is 4.65. The highest BCUT2D eigenvalue weighted by molar-refractivity contribution is 6.04. The zero-order valence-corrected chi connectivity index (χ0v) is 23.4. The van der Waals surface area contributed by atoms with E-state index in [1.54, 1.807) is 6.92 Å². The number of aromatic amines is 1. The van der Waals surface area contributed by atoms with Gasteiger partial charge in [-0.25, -0.2) is 23.1 Å². The topological polar surface area (TPSA) is 156 Å². The number of benzene rings is 2. The first-order valence-electron chi connectivity index (χ1n) is 13.8. The van der Waals surface area contributed by atoms with Gasteiger partial charge < -0.3 is 20.5 Å². The number of nitrogens with zero attached hydrogens (tertiary/aromatic N) is 4. The summed E-state index contributed by atoms with van der Waals surface area (Å²) in [6.45, 7) is 1.93. The first-order valence-corrected chi connectivity index (χ1v) is 13.8. The standard InChI is InChI=1S/C30H27F2N7O5/c1-16(15-40)34-27-25-24(10-11-33-26(25)36-37-27)44-23-9-6-19(12-22(23)32)35-28(41)21-14-38(13-17-2-3-17)30(43)39(29(21)42)20-7-4-18(31)5-8-20/h4-12,14,16-17,40H,2-3,13,15H2,1H3,(H,35,41)(H2,33,34,36,37)/t16-/m1/s1. The molecule has 1 atom stereocenters. The van der Waals surface area contributed by atoms with E-state index in [4.69, 9.17) is 4.74 Å². The van der Waals surface area contributed by atoms with Gasteiger partial charge in [0.05, 0.1) is 12.3 Å². The Kier molecular flexibility index (Phi) is 7.66. The summed E-state index contributed by atoms with van der Waals surface area (Å²) < 4.78 is 36.7. The third kappa shape index (κ3) is 5.79. The predicted molar refractivity (Wildman–Crippen MR) is 157 cm³/mol. The van der Waals surface area contributed by atoms with Crippen LogP contribution >= 0.6 is 0 Å². The highest BCUT2D eigenvalue weighted by Gasteiger charge is 2.25. The molecule has 12 nitrogen and oxygen atoms in total. The minimum atomic E-state index is -0.895. The molecule has 0 saturated heterocycles. The lowest BCUT2D eigenvalue weighted by atomic mass is 10.2. The molecule has 5 aromatic rings. The Balaban J connectivity index is 1.28. The molecule has 3 aromatic heterocycles. The molecule has 14 heteroatoms. The summed E-state index contributed by atoms with van der Waals surface area (Å²) in [6.07, 6.45) is 4.50. The number of carbonyl (C=O) groups excluding carboxylic acids is 1. The van der Waals surface area contributed by atoms with Gasteiger partial charge in [-0.3, -0.25) is 19.3 Å². The number of pyridine rings is 1. The van der Waals surface area contributed by atoms with E-state index in [0.29, 0.717) is 23.4 Å². The molecule has 6 rings (SSSR count). The summed E-state index contributed by atoms with van der Waals surface area (Å²) in [6, 6.07) is 9.74. The van der Waals surface area contributed by atoms with E-state index in [0.717, 1.165) is 35.6 Å². The number of hydrogen-bond donors (Lipinski definition) is 4. The van der Waals surface area contributed by atoms with Crippen LogP contribution in [0.3, 0.4) is 0 Å². The molecule has 0 aliphatic heterocycles. The zero-order chi connectivity index (χ0) is 31.0. The van der Waals surface area contributed by atoms with Crippen molar-refractivity contribution in [3.8, 4) is 17.2 Å². The van der Waals surface area contributed by atoms with Crippen LogP contribution < -0.4 is 26.6 Å². The number of ether oxygens (including phenoxy) is 1. The number of aliphatic hydroxyl groups excluding tert-OH is 1. The van der Waals surface area contributed by atoms with Gasteiger partial charge in [0.2, 0.25) is 0 Å². The maximum absolute atomic E-state index is 15.2. The number of carbonyl (C=O) groups is 1. The molecule has 0 spiro atoms. The molecule has 0 radical (unpaired) electrons. The largest absolute Gasteiger partial charge is 0.453 e. The van der Waals surface area contributed by atoms with Crippen molar-refractivity contribution >= 4 is 28.4 Å². The highest BCUT2D eigenvalue weighted by Crippen LogP contribution is 2.35. The first kappa shape index (κ1) is 28.7. The summed E-state index contributed by atoms with van der Waals surface area (Å²) >= 11 is 0. The second-order valence-corrected chi connectivity index (χ2v) is 10.6. The van der Waals surface area contributed by atoms with Crippen LogP contribution in [0.25, 0.3) is 16.7 Å². The smallest absolute Gasteiger partial charge is 0.335 e. The zero-order valence-electron chi connectivity index (χ0n) is 23.4. The Labute approximate surface area is 247 Å². The van der Waals surface area contributed by atoms with Gasteiger partial charge >= 0.3 is 5.69 Å². The lowest BCUT2D eigenvalue weighted by molar-refractivity contribution is 0.102. The van der Waals surface area contributed by atoms with Gasteiger partial charge in [-0.05, 0) is 62.1 Å². The molecule has 0 unspecified atom stereocenters. The fourth-order valence-corrected chi connectivity index (χ4v) is 4.65. The number of nitrogens with one attached hydrogen (secondary N) is 3. The van der Waals surface area contributed by atoms with Crippen molar-refractivity contribution in [2.75, 3.05) is 17.2 Å². The van der Waals surface area contributed by atoms with Crippen molar-refractivity contribution in [3.63, 3.8) is 0 Å². The van der Waals surface area contributed by atoms with E-state index >= 15 is 4.39 Å². The van der Waals surface area contributed by atoms with Gasteiger partial charge in [0.25, 0.3) is 11.5 Å². The molecular formula is C30H27F2N7O5. The van der Waals surface area contributed by atoms with E-state index in [1.807, 2.05) is 0 Å². The number of rotatable bonds is 10. The van der Waals surface area contributed by atoms with Crippen LogP contribution in [0.2, 0.25) is 0 Å². The SMILES string of the molecule is C[C@H](CO)Nc1n[nH]c2nccc(Oc3ccc(NC(=O)c4cn(CC5CC5)c(=O)n(-c5ccc(F)cc5)c4=O)cc3F)c12. The lowest BCUT2D eigenvalue weighted by Gasteiger charge is -2.14.